The number of pyridine rings is 1. The summed E-state index contributed by atoms with van der Waals surface area (Å²) in [6.45, 7) is 7.08. The van der Waals surface area contributed by atoms with Gasteiger partial charge in [-0.05, 0) is 50.5 Å². The van der Waals surface area contributed by atoms with Crippen LogP contribution in [-0.4, -0.2) is 31.6 Å². The smallest absolute Gasteiger partial charge is 0.191 e. The molecule has 1 aromatic carbocycles. The Morgan fingerprint density at radius 1 is 1.28 bits per heavy atom. The molecule has 1 aromatic heterocycles. The van der Waals surface area contributed by atoms with Crippen LogP contribution >= 0.6 is 0 Å². The SMILES string of the molecule is CN=C(NCCc1ccncc1C)NC(C)c1cc(C)ccc1OC. The van der Waals surface area contributed by atoms with Gasteiger partial charge in [-0.3, -0.25) is 9.98 Å². The number of benzene rings is 1. The van der Waals surface area contributed by atoms with Crippen LogP contribution in [0.3, 0.4) is 0 Å². The number of methoxy groups -OCH3 is 1. The highest BCUT2D eigenvalue weighted by molar-refractivity contribution is 5.80. The van der Waals surface area contributed by atoms with E-state index >= 15 is 0 Å². The first kappa shape index (κ1) is 18.8. The van der Waals surface area contributed by atoms with E-state index in [0.29, 0.717) is 0 Å². The first-order valence-electron chi connectivity index (χ1n) is 8.56. The van der Waals surface area contributed by atoms with Crippen LogP contribution in [0.25, 0.3) is 0 Å². The van der Waals surface area contributed by atoms with Gasteiger partial charge in [0.05, 0.1) is 13.2 Å². The third kappa shape index (κ3) is 5.21. The van der Waals surface area contributed by atoms with Crippen LogP contribution in [0.4, 0.5) is 0 Å². The van der Waals surface area contributed by atoms with Crippen LogP contribution in [-0.2, 0) is 6.42 Å². The van der Waals surface area contributed by atoms with Crippen molar-refractivity contribution < 1.29 is 4.74 Å². The first-order valence-corrected chi connectivity index (χ1v) is 8.56. The lowest BCUT2D eigenvalue weighted by atomic mass is 10.0. The maximum Gasteiger partial charge on any atom is 0.191 e. The summed E-state index contributed by atoms with van der Waals surface area (Å²) in [6.07, 6.45) is 4.66. The largest absolute Gasteiger partial charge is 0.496 e. The Bertz CT molecular complexity index is 727. The minimum atomic E-state index is 0.0868. The van der Waals surface area contributed by atoms with Gasteiger partial charge in [-0.15, -0.1) is 0 Å². The topological polar surface area (TPSA) is 58.5 Å². The first-order chi connectivity index (χ1) is 12.0. The minimum absolute atomic E-state index is 0.0868. The van der Waals surface area contributed by atoms with Crippen molar-refractivity contribution in [2.24, 2.45) is 4.99 Å². The average molecular weight is 340 g/mol. The molecule has 0 aliphatic rings. The zero-order chi connectivity index (χ0) is 18.2. The second-order valence-corrected chi connectivity index (χ2v) is 6.16. The number of hydrogen-bond acceptors (Lipinski definition) is 3. The molecule has 0 saturated heterocycles. The number of aliphatic imine (C=N–C) groups is 1. The van der Waals surface area contributed by atoms with Crippen LogP contribution < -0.4 is 15.4 Å². The van der Waals surface area contributed by atoms with Crippen molar-refractivity contribution >= 4 is 5.96 Å². The minimum Gasteiger partial charge on any atom is -0.496 e. The summed E-state index contributed by atoms with van der Waals surface area (Å²) in [4.78, 5) is 8.46. The highest BCUT2D eigenvalue weighted by atomic mass is 16.5. The average Bonchev–Trinajstić information content (AvgIpc) is 2.62. The van der Waals surface area contributed by atoms with Gasteiger partial charge < -0.3 is 15.4 Å². The summed E-state index contributed by atoms with van der Waals surface area (Å²) >= 11 is 0. The molecular weight excluding hydrogens is 312 g/mol. The lowest BCUT2D eigenvalue weighted by molar-refractivity contribution is 0.405. The van der Waals surface area contributed by atoms with Gasteiger partial charge in [-0.1, -0.05) is 17.7 Å². The van der Waals surface area contributed by atoms with Crippen molar-refractivity contribution in [3.63, 3.8) is 0 Å². The molecule has 0 fully saturated rings. The molecule has 2 rings (SSSR count). The molecule has 0 bridgehead atoms. The standard InChI is InChI=1S/C20H28N4O/c1-14-6-7-19(25-5)18(12-14)16(3)24-20(21-4)23-11-9-17-8-10-22-13-15(17)2/h6-8,10,12-13,16H,9,11H2,1-5H3,(H2,21,23,24). The molecular formula is C20H28N4O. The van der Waals surface area contributed by atoms with E-state index in [4.69, 9.17) is 4.74 Å². The van der Waals surface area contributed by atoms with Gasteiger partial charge in [0.15, 0.2) is 5.96 Å². The summed E-state index contributed by atoms with van der Waals surface area (Å²) in [5.41, 5.74) is 4.84. The van der Waals surface area contributed by atoms with Crippen molar-refractivity contribution in [1.82, 2.24) is 15.6 Å². The fourth-order valence-corrected chi connectivity index (χ4v) is 2.77. The van der Waals surface area contributed by atoms with Gasteiger partial charge >= 0.3 is 0 Å². The zero-order valence-electron chi connectivity index (χ0n) is 15.8. The van der Waals surface area contributed by atoms with Gasteiger partial charge in [0.1, 0.15) is 5.75 Å². The monoisotopic (exact) mass is 340 g/mol. The van der Waals surface area contributed by atoms with Gasteiger partial charge in [-0.2, -0.15) is 0 Å². The predicted molar refractivity (Wildman–Crippen MR) is 103 cm³/mol. The number of guanidine groups is 1. The third-order valence-electron chi connectivity index (χ3n) is 4.25. The lowest BCUT2D eigenvalue weighted by Crippen LogP contribution is -2.39. The van der Waals surface area contributed by atoms with Crippen LogP contribution in [0.15, 0.2) is 41.7 Å². The number of rotatable bonds is 6. The summed E-state index contributed by atoms with van der Waals surface area (Å²) in [5.74, 6) is 1.66. The maximum absolute atomic E-state index is 5.48. The number of ether oxygens (including phenoxy) is 1. The molecule has 5 nitrogen and oxygen atoms in total. The number of aromatic nitrogens is 1. The van der Waals surface area contributed by atoms with Crippen molar-refractivity contribution in [3.05, 3.63) is 58.9 Å². The fourth-order valence-electron chi connectivity index (χ4n) is 2.77. The van der Waals surface area contributed by atoms with Gasteiger partial charge in [0.25, 0.3) is 0 Å². The number of nitrogens with zero attached hydrogens (tertiary/aromatic N) is 2. The molecule has 2 N–H and O–H groups in total. The molecule has 0 amide bonds. The van der Waals surface area contributed by atoms with Gasteiger partial charge in [-0.25, -0.2) is 0 Å². The van der Waals surface area contributed by atoms with E-state index in [9.17, 15) is 0 Å². The van der Waals surface area contributed by atoms with Crippen LogP contribution in [0.5, 0.6) is 5.75 Å². The van der Waals surface area contributed by atoms with Crippen molar-refractivity contribution in [2.75, 3.05) is 20.7 Å². The summed E-state index contributed by atoms with van der Waals surface area (Å²) in [7, 11) is 3.48. The molecule has 0 aliphatic heterocycles. The molecule has 5 heteroatoms. The fraction of sp³-hybridized carbons (Fsp3) is 0.400. The van der Waals surface area contributed by atoms with E-state index in [1.165, 1.54) is 16.7 Å². The third-order valence-corrected chi connectivity index (χ3v) is 4.25. The molecule has 0 saturated carbocycles. The number of nitrogens with one attached hydrogen (secondary N) is 2. The van der Waals surface area contributed by atoms with Crippen LogP contribution in [0.1, 0.15) is 35.2 Å². The highest BCUT2D eigenvalue weighted by Gasteiger charge is 2.13. The molecule has 0 radical (unpaired) electrons. The Kier molecular flexibility index (Phi) is 6.81. The van der Waals surface area contributed by atoms with Crippen LogP contribution in [0, 0.1) is 13.8 Å². The number of hydrogen-bond donors (Lipinski definition) is 2. The van der Waals surface area contributed by atoms with E-state index in [0.717, 1.165) is 30.2 Å². The van der Waals surface area contributed by atoms with E-state index in [-0.39, 0.29) is 6.04 Å². The van der Waals surface area contributed by atoms with Crippen molar-refractivity contribution in [2.45, 2.75) is 33.2 Å². The number of aryl methyl sites for hydroxylation is 2. The Hall–Kier alpha value is -2.56. The molecule has 1 heterocycles. The Morgan fingerprint density at radius 2 is 2.08 bits per heavy atom. The zero-order valence-corrected chi connectivity index (χ0v) is 15.8. The molecule has 25 heavy (non-hydrogen) atoms. The molecule has 0 aliphatic carbocycles. The Morgan fingerprint density at radius 3 is 2.76 bits per heavy atom. The maximum atomic E-state index is 5.48. The molecule has 1 unspecified atom stereocenters. The quantitative estimate of drug-likeness (QED) is 0.626. The lowest BCUT2D eigenvalue weighted by Gasteiger charge is -2.21. The van der Waals surface area contributed by atoms with E-state index < -0.39 is 0 Å². The molecule has 134 valence electrons. The van der Waals surface area contributed by atoms with Crippen molar-refractivity contribution in [1.29, 1.82) is 0 Å². The Labute approximate surface area is 150 Å². The van der Waals surface area contributed by atoms with Crippen molar-refractivity contribution in [3.8, 4) is 5.75 Å². The summed E-state index contributed by atoms with van der Waals surface area (Å²) in [5, 5.41) is 6.81. The summed E-state index contributed by atoms with van der Waals surface area (Å²) < 4.78 is 5.48. The second kappa shape index (κ2) is 9.06. The van der Waals surface area contributed by atoms with Gasteiger partial charge in [0.2, 0.25) is 0 Å². The van der Waals surface area contributed by atoms with E-state index in [2.05, 4.69) is 59.6 Å². The normalized spacial score (nSPS) is 12.6. The van der Waals surface area contributed by atoms with Gasteiger partial charge in [0, 0.05) is 31.5 Å². The van der Waals surface area contributed by atoms with Crippen LogP contribution in [0.2, 0.25) is 0 Å². The highest BCUT2D eigenvalue weighted by Crippen LogP contribution is 2.25. The molecule has 2 aromatic rings. The Balaban J connectivity index is 1.95. The molecule has 0 spiro atoms. The van der Waals surface area contributed by atoms with E-state index in [1.807, 2.05) is 18.5 Å². The second-order valence-electron chi connectivity index (χ2n) is 6.16. The van der Waals surface area contributed by atoms with E-state index in [1.54, 1.807) is 14.2 Å². The summed E-state index contributed by atoms with van der Waals surface area (Å²) in [6, 6.07) is 8.35. The predicted octanol–water partition coefficient (Wildman–Crippen LogP) is 3.18. The molecule has 1 atom stereocenters.